The van der Waals surface area contributed by atoms with Gasteiger partial charge in [-0.15, -0.1) is 0 Å². The highest BCUT2D eigenvalue weighted by molar-refractivity contribution is 5.80. The van der Waals surface area contributed by atoms with Crippen molar-refractivity contribution in [3.8, 4) is 5.75 Å². The molecule has 1 N–H and O–H groups in total. The summed E-state index contributed by atoms with van der Waals surface area (Å²) in [5.41, 5.74) is -0.0942. The minimum Gasteiger partial charge on any atom is -0.497 e. The van der Waals surface area contributed by atoms with Crippen LogP contribution in [-0.4, -0.2) is 22.9 Å². The lowest BCUT2D eigenvalue weighted by molar-refractivity contribution is -0.146. The zero-order valence-corrected chi connectivity index (χ0v) is 13.5. The number of esters is 1. The maximum absolute atomic E-state index is 12.3. The normalized spacial score (nSPS) is 10.6. The summed E-state index contributed by atoms with van der Waals surface area (Å²) in [6.45, 7) is -0.301. The third kappa shape index (κ3) is 3.60. The van der Waals surface area contributed by atoms with Crippen LogP contribution >= 0.6 is 0 Å². The van der Waals surface area contributed by atoms with Gasteiger partial charge in [0.25, 0.3) is 11.1 Å². The number of benzene rings is 2. The van der Waals surface area contributed by atoms with Crippen molar-refractivity contribution in [3.05, 3.63) is 74.8 Å². The Bertz CT molecular complexity index is 1020. The second-order valence-electron chi connectivity index (χ2n) is 5.39. The quantitative estimate of drug-likeness (QED) is 0.710. The van der Waals surface area contributed by atoms with Crippen LogP contribution in [0.5, 0.6) is 5.75 Å². The van der Waals surface area contributed by atoms with Crippen LogP contribution in [-0.2, 0) is 22.7 Å². The molecule has 2 aromatic carbocycles. The number of rotatable bonds is 5. The molecule has 0 aliphatic heterocycles. The number of methoxy groups -OCH3 is 1. The molecule has 0 atom stereocenters. The highest BCUT2D eigenvalue weighted by atomic mass is 16.5. The first-order valence-electron chi connectivity index (χ1n) is 7.59. The lowest BCUT2D eigenvalue weighted by Crippen LogP contribution is -2.32. The Kier molecular flexibility index (Phi) is 4.65. The predicted molar refractivity (Wildman–Crippen MR) is 91.6 cm³/mol. The standard InChI is InChI=1S/C18H16N2O5/c1-24-13-8-6-12(7-9-13)11-25-16(21)10-20-18(23)15-5-3-2-4-14(15)17(22)19-20/h2-9H,10-11H2,1H3,(H,19,22). The summed E-state index contributed by atoms with van der Waals surface area (Å²) in [4.78, 5) is 36.3. The van der Waals surface area contributed by atoms with Crippen LogP contribution in [0.2, 0.25) is 0 Å². The van der Waals surface area contributed by atoms with Gasteiger partial charge < -0.3 is 9.47 Å². The highest BCUT2D eigenvalue weighted by Crippen LogP contribution is 2.12. The summed E-state index contributed by atoms with van der Waals surface area (Å²) in [6, 6.07) is 13.5. The van der Waals surface area contributed by atoms with Crippen LogP contribution in [0.4, 0.5) is 0 Å². The molecule has 0 spiro atoms. The molecule has 0 saturated heterocycles. The van der Waals surface area contributed by atoms with E-state index in [0.717, 1.165) is 10.2 Å². The topological polar surface area (TPSA) is 90.4 Å². The zero-order valence-electron chi connectivity index (χ0n) is 13.5. The number of nitrogens with one attached hydrogen (secondary N) is 1. The van der Waals surface area contributed by atoms with Gasteiger partial charge in [-0.2, -0.15) is 0 Å². The second-order valence-corrected chi connectivity index (χ2v) is 5.39. The fraction of sp³-hybridized carbons (Fsp3) is 0.167. The van der Waals surface area contributed by atoms with E-state index in [1.54, 1.807) is 55.6 Å². The van der Waals surface area contributed by atoms with Crippen molar-refractivity contribution in [2.45, 2.75) is 13.2 Å². The fourth-order valence-electron chi connectivity index (χ4n) is 2.42. The molecule has 3 rings (SSSR count). The van der Waals surface area contributed by atoms with Gasteiger partial charge in [0.05, 0.1) is 17.9 Å². The number of fused-ring (bicyclic) bond motifs is 1. The van der Waals surface area contributed by atoms with Crippen LogP contribution in [0.3, 0.4) is 0 Å². The van der Waals surface area contributed by atoms with Crippen LogP contribution in [0.15, 0.2) is 58.1 Å². The van der Waals surface area contributed by atoms with Crippen LogP contribution in [0, 0.1) is 0 Å². The molecule has 128 valence electrons. The number of H-pyrrole nitrogens is 1. The minimum atomic E-state index is -0.621. The third-order valence-electron chi connectivity index (χ3n) is 3.73. The molecule has 0 aliphatic carbocycles. The number of ether oxygens (including phenoxy) is 2. The molecule has 0 saturated carbocycles. The lowest BCUT2D eigenvalue weighted by Gasteiger charge is -2.08. The largest absolute Gasteiger partial charge is 0.497 e. The van der Waals surface area contributed by atoms with Crippen LogP contribution in [0.1, 0.15) is 5.56 Å². The lowest BCUT2D eigenvalue weighted by atomic mass is 10.2. The zero-order chi connectivity index (χ0) is 17.8. The van der Waals surface area contributed by atoms with Gasteiger partial charge in [0.1, 0.15) is 18.9 Å². The Morgan fingerprint density at radius 1 is 1.04 bits per heavy atom. The third-order valence-corrected chi connectivity index (χ3v) is 3.73. The molecular weight excluding hydrogens is 324 g/mol. The van der Waals surface area contributed by atoms with Gasteiger partial charge in [-0.05, 0) is 29.8 Å². The maximum Gasteiger partial charge on any atom is 0.328 e. The molecule has 1 aromatic heterocycles. The van der Waals surface area contributed by atoms with Gasteiger partial charge in [-0.3, -0.25) is 19.5 Å². The number of hydrogen-bond donors (Lipinski definition) is 1. The molecule has 0 fully saturated rings. The molecule has 0 amide bonds. The number of nitrogens with zero attached hydrogens (tertiary/aromatic N) is 1. The van der Waals surface area contributed by atoms with E-state index < -0.39 is 17.1 Å². The molecule has 7 nitrogen and oxygen atoms in total. The summed E-state index contributed by atoms with van der Waals surface area (Å²) in [6.07, 6.45) is 0. The van der Waals surface area contributed by atoms with E-state index in [0.29, 0.717) is 5.75 Å². The number of carbonyl (C=O) groups is 1. The van der Waals surface area contributed by atoms with Crippen molar-refractivity contribution in [1.82, 2.24) is 9.78 Å². The predicted octanol–water partition coefficient (Wildman–Crippen LogP) is 1.44. The molecule has 0 radical (unpaired) electrons. The summed E-state index contributed by atoms with van der Waals surface area (Å²) in [7, 11) is 1.57. The Morgan fingerprint density at radius 3 is 2.40 bits per heavy atom. The second kappa shape index (κ2) is 7.04. The molecule has 0 aliphatic rings. The van der Waals surface area contributed by atoms with Gasteiger partial charge in [-0.1, -0.05) is 24.3 Å². The first kappa shape index (κ1) is 16.5. The molecule has 0 unspecified atom stereocenters. The summed E-state index contributed by atoms with van der Waals surface area (Å²) >= 11 is 0. The van der Waals surface area contributed by atoms with E-state index in [4.69, 9.17) is 9.47 Å². The number of hydrogen-bond acceptors (Lipinski definition) is 5. The number of aromatic nitrogens is 2. The Balaban J connectivity index is 1.72. The first-order valence-corrected chi connectivity index (χ1v) is 7.59. The van der Waals surface area contributed by atoms with Crippen molar-refractivity contribution < 1.29 is 14.3 Å². The first-order chi connectivity index (χ1) is 12.1. The van der Waals surface area contributed by atoms with E-state index >= 15 is 0 Å². The molecule has 1 heterocycles. The Labute approximate surface area is 142 Å². The molecular formula is C18H16N2O5. The summed E-state index contributed by atoms with van der Waals surface area (Å²) < 4.78 is 11.2. The van der Waals surface area contributed by atoms with Gasteiger partial charge in [0, 0.05) is 0 Å². The van der Waals surface area contributed by atoms with Gasteiger partial charge in [0.2, 0.25) is 0 Å². The Hall–Kier alpha value is -3.35. The van der Waals surface area contributed by atoms with E-state index in [2.05, 4.69) is 5.10 Å². The SMILES string of the molecule is COc1ccc(COC(=O)Cn2[nH]c(=O)c3ccccc3c2=O)cc1. The van der Waals surface area contributed by atoms with E-state index in [9.17, 15) is 14.4 Å². The average molecular weight is 340 g/mol. The minimum absolute atomic E-state index is 0.0649. The molecule has 3 aromatic rings. The van der Waals surface area contributed by atoms with Crippen molar-refractivity contribution in [2.24, 2.45) is 0 Å². The van der Waals surface area contributed by atoms with Crippen molar-refractivity contribution >= 4 is 16.7 Å². The number of aromatic amines is 1. The van der Waals surface area contributed by atoms with Gasteiger partial charge >= 0.3 is 5.97 Å². The summed E-state index contributed by atoms with van der Waals surface area (Å²) in [5.74, 6) is 0.0826. The van der Waals surface area contributed by atoms with Crippen LogP contribution < -0.4 is 15.9 Å². The Morgan fingerprint density at radius 2 is 1.72 bits per heavy atom. The van der Waals surface area contributed by atoms with Crippen LogP contribution in [0.25, 0.3) is 10.8 Å². The van der Waals surface area contributed by atoms with Crippen molar-refractivity contribution in [3.63, 3.8) is 0 Å². The summed E-state index contributed by atoms with van der Waals surface area (Å²) in [5, 5.41) is 2.94. The molecule has 7 heteroatoms. The smallest absolute Gasteiger partial charge is 0.328 e. The maximum atomic E-state index is 12.3. The average Bonchev–Trinajstić information content (AvgIpc) is 2.64. The molecule has 0 bridgehead atoms. The van der Waals surface area contributed by atoms with E-state index in [1.165, 1.54) is 0 Å². The van der Waals surface area contributed by atoms with E-state index in [1.807, 2.05) is 0 Å². The number of carbonyl (C=O) groups excluding carboxylic acids is 1. The van der Waals surface area contributed by atoms with Crippen molar-refractivity contribution in [1.29, 1.82) is 0 Å². The fourth-order valence-corrected chi connectivity index (χ4v) is 2.42. The van der Waals surface area contributed by atoms with Crippen molar-refractivity contribution in [2.75, 3.05) is 7.11 Å². The molecule has 25 heavy (non-hydrogen) atoms. The van der Waals surface area contributed by atoms with Gasteiger partial charge in [0.15, 0.2) is 0 Å². The highest BCUT2D eigenvalue weighted by Gasteiger charge is 2.11. The van der Waals surface area contributed by atoms with E-state index in [-0.39, 0.29) is 23.9 Å². The monoisotopic (exact) mass is 340 g/mol. The van der Waals surface area contributed by atoms with Gasteiger partial charge in [-0.25, -0.2) is 4.68 Å².